The highest BCUT2D eigenvalue weighted by atomic mass is 16.5. The van der Waals surface area contributed by atoms with Gasteiger partial charge in [-0.2, -0.15) is 0 Å². The van der Waals surface area contributed by atoms with Gasteiger partial charge in [0.15, 0.2) is 12.0 Å². The second kappa shape index (κ2) is 9.04. The minimum atomic E-state index is -0.931. The molecule has 8 nitrogen and oxygen atoms in total. The van der Waals surface area contributed by atoms with E-state index in [1.807, 2.05) is 0 Å². The molecule has 0 radical (unpaired) electrons. The Kier molecular flexibility index (Phi) is 6.26. The first-order chi connectivity index (χ1) is 14.3. The van der Waals surface area contributed by atoms with Gasteiger partial charge >= 0.3 is 11.9 Å². The molecule has 154 valence electrons. The second-order valence-electron chi connectivity index (χ2n) is 6.63. The van der Waals surface area contributed by atoms with Crippen molar-refractivity contribution in [3.8, 4) is 0 Å². The lowest BCUT2D eigenvalue weighted by Crippen LogP contribution is -2.21. The molecule has 0 unspecified atom stereocenters. The van der Waals surface area contributed by atoms with E-state index in [0.717, 1.165) is 6.07 Å². The van der Waals surface area contributed by atoms with E-state index in [2.05, 4.69) is 5.32 Å². The van der Waals surface area contributed by atoms with Crippen LogP contribution in [0.2, 0.25) is 0 Å². The summed E-state index contributed by atoms with van der Waals surface area (Å²) in [5.41, 5.74) is 0.621. The molecule has 0 bridgehead atoms. The van der Waals surface area contributed by atoms with Crippen molar-refractivity contribution in [1.29, 1.82) is 0 Å². The van der Waals surface area contributed by atoms with Gasteiger partial charge < -0.3 is 19.2 Å². The number of nitrogens with one attached hydrogen (secondary N) is 1. The molecule has 1 N–H and O–H groups in total. The molecule has 0 saturated carbocycles. The fraction of sp³-hybridized carbons (Fsp3) is 0.182. The number of benzene rings is 2. The molecule has 0 spiro atoms. The first-order valence-electron chi connectivity index (χ1n) is 9.14. The fourth-order valence-corrected chi connectivity index (χ4v) is 2.58. The Labute approximate surface area is 171 Å². The van der Waals surface area contributed by atoms with Gasteiger partial charge in [-0.3, -0.25) is 9.59 Å². The number of amides is 1. The molecule has 3 aromatic rings. The van der Waals surface area contributed by atoms with Crippen LogP contribution in [0, 0.1) is 0 Å². The summed E-state index contributed by atoms with van der Waals surface area (Å²) in [7, 11) is 0. The largest absolute Gasteiger partial charge is 0.459 e. The number of fused-ring (bicyclic) bond motifs is 1. The maximum Gasteiger partial charge on any atom is 0.374 e. The normalized spacial score (nSPS) is 10.6. The van der Waals surface area contributed by atoms with E-state index in [-0.39, 0.29) is 22.9 Å². The lowest BCUT2D eigenvalue weighted by Gasteiger charge is -2.09. The molecule has 1 aromatic heterocycles. The highest BCUT2D eigenvalue weighted by molar-refractivity contribution is 5.96. The summed E-state index contributed by atoms with van der Waals surface area (Å²) < 4.78 is 15.4. The molecule has 30 heavy (non-hydrogen) atoms. The number of carbonyl (C=O) groups excluding carboxylic acids is 3. The van der Waals surface area contributed by atoms with Crippen LogP contribution < -0.4 is 10.7 Å². The van der Waals surface area contributed by atoms with E-state index >= 15 is 0 Å². The first-order valence-corrected chi connectivity index (χ1v) is 9.14. The van der Waals surface area contributed by atoms with Gasteiger partial charge in [0.1, 0.15) is 5.58 Å². The van der Waals surface area contributed by atoms with Crippen LogP contribution in [0.15, 0.2) is 63.8 Å². The van der Waals surface area contributed by atoms with E-state index in [1.165, 1.54) is 24.3 Å². The number of rotatable bonds is 6. The predicted molar refractivity (Wildman–Crippen MR) is 108 cm³/mol. The Morgan fingerprint density at radius 1 is 1.00 bits per heavy atom. The molecular formula is C22H19NO7. The highest BCUT2D eigenvalue weighted by Gasteiger charge is 2.16. The maximum atomic E-state index is 12.1. The third-order valence-corrected chi connectivity index (χ3v) is 3.92. The van der Waals surface area contributed by atoms with Crippen molar-refractivity contribution >= 4 is 34.5 Å². The van der Waals surface area contributed by atoms with E-state index in [1.54, 1.807) is 38.1 Å². The molecule has 1 heterocycles. The molecule has 0 saturated heterocycles. The third kappa shape index (κ3) is 5.11. The Morgan fingerprint density at radius 3 is 2.40 bits per heavy atom. The van der Waals surface area contributed by atoms with Gasteiger partial charge in [0, 0.05) is 11.8 Å². The number of hydrogen-bond donors (Lipinski definition) is 1. The zero-order valence-electron chi connectivity index (χ0n) is 16.3. The third-order valence-electron chi connectivity index (χ3n) is 3.92. The number of ether oxygens (including phenoxy) is 2. The van der Waals surface area contributed by atoms with Crippen molar-refractivity contribution in [3.05, 3.63) is 76.1 Å². The lowest BCUT2D eigenvalue weighted by molar-refractivity contribution is -0.119. The van der Waals surface area contributed by atoms with Gasteiger partial charge in [-0.05, 0) is 50.2 Å². The number of hydrogen-bond acceptors (Lipinski definition) is 7. The fourth-order valence-electron chi connectivity index (χ4n) is 2.58. The molecule has 0 atom stereocenters. The van der Waals surface area contributed by atoms with Crippen LogP contribution in [0.3, 0.4) is 0 Å². The standard InChI is InChI=1S/C22H19NO7/c1-13(2)29-21(26)14-7-9-15(10-8-14)23-20(25)12-28-22(27)19-11-17(24)16-5-3-4-6-18(16)30-19/h3-11,13H,12H2,1-2H3,(H,23,25). The summed E-state index contributed by atoms with van der Waals surface area (Å²) in [6.07, 6.45) is -0.237. The molecule has 1 amide bonds. The number of esters is 2. The minimum Gasteiger partial charge on any atom is -0.459 e. The van der Waals surface area contributed by atoms with Crippen molar-refractivity contribution in [2.24, 2.45) is 0 Å². The number of carbonyl (C=O) groups is 3. The summed E-state index contributed by atoms with van der Waals surface area (Å²) >= 11 is 0. The Bertz CT molecular complexity index is 1150. The highest BCUT2D eigenvalue weighted by Crippen LogP contribution is 2.13. The molecule has 0 fully saturated rings. The van der Waals surface area contributed by atoms with E-state index in [9.17, 15) is 19.2 Å². The summed E-state index contributed by atoms with van der Waals surface area (Å²) in [4.78, 5) is 48.0. The van der Waals surface area contributed by atoms with Gasteiger partial charge in [-0.25, -0.2) is 9.59 Å². The van der Waals surface area contributed by atoms with Crippen molar-refractivity contribution in [2.75, 3.05) is 11.9 Å². The van der Waals surface area contributed by atoms with Gasteiger partial charge in [0.05, 0.1) is 17.1 Å². The Balaban J connectivity index is 1.57. The van der Waals surface area contributed by atoms with Crippen LogP contribution in [-0.4, -0.2) is 30.6 Å². The Hall–Kier alpha value is -3.94. The average molecular weight is 409 g/mol. The summed E-state index contributed by atoms with van der Waals surface area (Å²) in [6, 6.07) is 13.6. The average Bonchev–Trinajstić information content (AvgIpc) is 2.72. The minimum absolute atomic E-state index is 0.237. The van der Waals surface area contributed by atoms with Gasteiger partial charge in [0.2, 0.25) is 5.76 Å². The van der Waals surface area contributed by atoms with Crippen LogP contribution in [0.5, 0.6) is 0 Å². The zero-order chi connectivity index (χ0) is 21.7. The van der Waals surface area contributed by atoms with Crippen LogP contribution in [-0.2, 0) is 14.3 Å². The molecule has 8 heteroatoms. The molecule has 0 aliphatic heterocycles. The Morgan fingerprint density at radius 2 is 1.70 bits per heavy atom. The summed E-state index contributed by atoms with van der Waals surface area (Å²) in [5, 5.41) is 2.88. The van der Waals surface area contributed by atoms with Gasteiger partial charge in [-0.1, -0.05) is 12.1 Å². The predicted octanol–water partition coefficient (Wildman–Crippen LogP) is 3.15. The molecule has 3 rings (SSSR count). The quantitative estimate of drug-likeness (QED) is 0.622. The first kappa shape index (κ1) is 20.8. The van der Waals surface area contributed by atoms with E-state index in [0.29, 0.717) is 16.6 Å². The van der Waals surface area contributed by atoms with Crippen molar-refractivity contribution in [1.82, 2.24) is 0 Å². The van der Waals surface area contributed by atoms with Crippen LogP contribution in [0.4, 0.5) is 5.69 Å². The van der Waals surface area contributed by atoms with E-state index < -0.39 is 24.5 Å². The van der Waals surface area contributed by atoms with Crippen molar-refractivity contribution < 1.29 is 28.3 Å². The van der Waals surface area contributed by atoms with Crippen LogP contribution in [0.25, 0.3) is 11.0 Å². The zero-order valence-corrected chi connectivity index (χ0v) is 16.3. The monoisotopic (exact) mass is 409 g/mol. The maximum absolute atomic E-state index is 12.1. The van der Waals surface area contributed by atoms with E-state index in [4.69, 9.17) is 13.9 Å². The van der Waals surface area contributed by atoms with Crippen LogP contribution in [0.1, 0.15) is 34.8 Å². The topological polar surface area (TPSA) is 112 Å². The smallest absolute Gasteiger partial charge is 0.374 e. The number of para-hydroxylation sites is 1. The van der Waals surface area contributed by atoms with Gasteiger partial charge in [-0.15, -0.1) is 0 Å². The molecule has 0 aliphatic rings. The van der Waals surface area contributed by atoms with Gasteiger partial charge in [0.25, 0.3) is 5.91 Å². The summed E-state index contributed by atoms with van der Waals surface area (Å²) in [5.74, 6) is -2.28. The van der Waals surface area contributed by atoms with Crippen molar-refractivity contribution in [3.63, 3.8) is 0 Å². The molecule has 2 aromatic carbocycles. The summed E-state index contributed by atoms with van der Waals surface area (Å²) in [6.45, 7) is 2.92. The SMILES string of the molecule is CC(C)OC(=O)c1ccc(NC(=O)COC(=O)c2cc(=O)c3ccccc3o2)cc1. The number of anilines is 1. The molecular weight excluding hydrogens is 390 g/mol. The lowest BCUT2D eigenvalue weighted by atomic mass is 10.2. The van der Waals surface area contributed by atoms with Crippen molar-refractivity contribution in [2.45, 2.75) is 20.0 Å². The second-order valence-corrected chi connectivity index (χ2v) is 6.63. The molecule has 0 aliphatic carbocycles. The van der Waals surface area contributed by atoms with Crippen LogP contribution >= 0.6 is 0 Å².